The minimum Gasteiger partial charge on any atom is -0.490 e. The van der Waals surface area contributed by atoms with E-state index in [0.717, 1.165) is 5.56 Å². The minimum atomic E-state index is -1.07. The first-order valence-electron chi connectivity index (χ1n) is 13.8. The molecule has 2 aromatic carbocycles. The van der Waals surface area contributed by atoms with Crippen LogP contribution in [0.1, 0.15) is 61.7 Å². The number of carboxylic acids is 1. The van der Waals surface area contributed by atoms with E-state index >= 15 is 4.39 Å². The maximum atomic E-state index is 15.5. The molecule has 0 bridgehead atoms. The maximum Gasteiger partial charge on any atom is 0.329 e. The van der Waals surface area contributed by atoms with E-state index in [-0.39, 0.29) is 73.9 Å². The number of rotatable bonds is 12. The van der Waals surface area contributed by atoms with Crippen molar-refractivity contribution in [3.8, 4) is 17.2 Å². The van der Waals surface area contributed by atoms with E-state index in [1.54, 1.807) is 37.1 Å². The lowest BCUT2D eigenvalue weighted by Gasteiger charge is -2.37. The molecule has 0 saturated carbocycles. The Morgan fingerprint density at radius 3 is 2.47 bits per heavy atom. The summed E-state index contributed by atoms with van der Waals surface area (Å²) in [7, 11) is 1.50. The molecule has 2 heterocycles. The van der Waals surface area contributed by atoms with Gasteiger partial charge in [0.25, 0.3) is 0 Å². The number of ether oxygens (including phenoxy) is 4. The van der Waals surface area contributed by atoms with Crippen molar-refractivity contribution in [3.05, 3.63) is 46.3 Å². The lowest BCUT2D eigenvalue weighted by Crippen LogP contribution is -2.43. The highest BCUT2D eigenvalue weighted by Crippen LogP contribution is 2.44. The molecule has 0 saturated heterocycles. The number of carbonyl (C=O) groups is 2. The van der Waals surface area contributed by atoms with Gasteiger partial charge in [-0.05, 0) is 43.0 Å². The van der Waals surface area contributed by atoms with Crippen molar-refractivity contribution in [1.82, 2.24) is 4.90 Å². The smallest absolute Gasteiger partial charge is 0.329 e. The highest BCUT2D eigenvalue weighted by atomic mass is 35.5. The van der Waals surface area contributed by atoms with Crippen molar-refractivity contribution in [3.63, 3.8) is 0 Å². The van der Waals surface area contributed by atoms with Crippen molar-refractivity contribution in [2.24, 2.45) is 0 Å². The lowest BCUT2D eigenvalue weighted by molar-refractivity contribution is -0.143. The molecule has 0 radical (unpaired) electrons. The number of Topliss-reactive ketones (excluding diaryl/α,β-unsaturated/α-hetero) is 1. The average Bonchev–Trinajstić information content (AvgIpc) is 3.23. The van der Waals surface area contributed by atoms with Crippen LogP contribution in [0, 0.1) is 11.2 Å². The molecule has 1 atom stereocenters. The van der Waals surface area contributed by atoms with Crippen LogP contribution in [0.5, 0.6) is 17.2 Å². The predicted molar refractivity (Wildman–Crippen MR) is 160 cm³/mol. The molecule has 13 heteroatoms. The molecule has 0 amide bonds. The van der Waals surface area contributed by atoms with Crippen LogP contribution in [0.25, 0.3) is 0 Å². The molecule has 11 nitrogen and oxygen atoms in total. The monoisotopic (exact) mass is 623 g/mol. The zero-order chi connectivity index (χ0) is 30.8. The summed E-state index contributed by atoms with van der Waals surface area (Å²) in [4.78, 5) is 31.7. The number of amidine groups is 1. The van der Waals surface area contributed by atoms with E-state index in [9.17, 15) is 9.59 Å². The molecule has 2 N–H and O–H groups in total. The predicted octanol–water partition coefficient (Wildman–Crippen LogP) is 4.60. The van der Waals surface area contributed by atoms with Gasteiger partial charge < -0.3 is 29.0 Å². The van der Waals surface area contributed by atoms with Crippen LogP contribution in [0.2, 0.25) is 0 Å². The number of benzene rings is 2. The molecule has 2 aliphatic rings. The third-order valence-corrected chi connectivity index (χ3v) is 6.98. The van der Waals surface area contributed by atoms with Crippen LogP contribution in [0.3, 0.4) is 0 Å². The number of nitrogens with one attached hydrogen (secondary N) is 1. The number of hydrogen-bond donors (Lipinski definition) is 2. The van der Waals surface area contributed by atoms with Crippen molar-refractivity contribution in [2.45, 2.75) is 52.7 Å². The SMILES string of the molecule is CCOc1cc2c(c(F)c1OCC)C(=N)N(CC(=O)c1cc3c(c(C(C)(C)C)c1)OC(COCC(=O)O)CN3OC)C2.Cl. The summed E-state index contributed by atoms with van der Waals surface area (Å²) < 4.78 is 38.1. The molecule has 4 rings (SSSR count). The zero-order valence-corrected chi connectivity index (χ0v) is 26.1. The number of carbonyl (C=O) groups excluding carboxylic acids is 1. The summed E-state index contributed by atoms with van der Waals surface area (Å²) >= 11 is 0. The summed E-state index contributed by atoms with van der Waals surface area (Å²) in [6.45, 7) is 9.93. The molecular weight excluding hydrogens is 585 g/mol. The van der Waals surface area contributed by atoms with Gasteiger partial charge in [0.1, 0.15) is 30.0 Å². The van der Waals surface area contributed by atoms with Gasteiger partial charge in [-0.15, -0.1) is 12.4 Å². The lowest BCUT2D eigenvalue weighted by atomic mass is 9.84. The Labute approximate surface area is 256 Å². The highest BCUT2D eigenvalue weighted by Gasteiger charge is 2.36. The van der Waals surface area contributed by atoms with Gasteiger partial charge in [-0.1, -0.05) is 20.8 Å². The van der Waals surface area contributed by atoms with Gasteiger partial charge in [0.2, 0.25) is 0 Å². The number of aliphatic carboxylic acids is 1. The third-order valence-electron chi connectivity index (χ3n) is 6.98. The van der Waals surface area contributed by atoms with Crippen LogP contribution < -0.4 is 19.3 Å². The fourth-order valence-electron chi connectivity index (χ4n) is 5.09. The molecule has 43 heavy (non-hydrogen) atoms. The van der Waals surface area contributed by atoms with Gasteiger partial charge in [-0.25, -0.2) is 14.2 Å². The van der Waals surface area contributed by atoms with Crippen LogP contribution >= 0.6 is 12.4 Å². The number of ketones is 1. The first-order chi connectivity index (χ1) is 19.9. The van der Waals surface area contributed by atoms with Crippen LogP contribution in [-0.4, -0.2) is 80.3 Å². The largest absolute Gasteiger partial charge is 0.490 e. The first-order valence-corrected chi connectivity index (χ1v) is 13.8. The van der Waals surface area contributed by atoms with Crippen molar-refractivity contribution < 1.29 is 42.9 Å². The number of anilines is 1. The highest BCUT2D eigenvalue weighted by molar-refractivity contribution is 6.06. The maximum absolute atomic E-state index is 15.5. The standard InChI is InChI=1S/C30H38FN3O8.ClH/c1-7-40-23-11-18-12-33(29(32)25(18)26(31)28(23)41-8-2)14-22(35)17-9-20(30(3,4)5)27-21(10-17)34(38-6)13-19(42-27)15-39-16-24(36)37;/h9-11,19,32H,7-8,12-16H2,1-6H3,(H,36,37);1H. The normalized spacial score (nSPS) is 15.8. The van der Waals surface area contributed by atoms with Crippen molar-refractivity contribution in [1.29, 1.82) is 5.41 Å². The fourth-order valence-corrected chi connectivity index (χ4v) is 5.09. The summed E-state index contributed by atoms with van der Waals surface area (Å²) in [5.41, 5.74) is 1.91. The van der Waals surface area contributed by atoms with Crippen molar-refractivity contribution in [2.75, 3.05) is 51.7 Å². The van der Waals surface area contributed by atoms with Crippen LogP contribution in [0.15, 0.2) is 18.2 Å². The van der Waals surface area contributed by atoms with E-state index < -0.39 is 29.9 Å². The number of nitrogens with zero attached hydrogens (tertiary/aromatic N) is 2. The van der Waals surface area contributed by atoms with Gasteiger partial charge >= 0.3 is 5.97 Å². The van der Waals surface area contributed by atoms with E-state index in [1.165, 1.54) is 12.0 Å². The molecule has 2 aromatic rings. The molecule has 0 fully saturated rings. The number of hydroxylamine groups is 1. The van der Waals surface area contributed by atoms with Crippen LogP contribution in [0.4, 0.5) is 10.1 Å². The Morgan fingerprint density at radius 1 is 1.16 bits per heavy atom. The van der Waals surface area contributed by atoms with Gasteiger partial charge in [-0.2, -0.15) is 0 Å². The molecule has 2 aliphatic heterocycles. The number of carboxylic acid groups (broad SMARTS) is 1. The molecule has 0 spiro atoms. The Hall–Kier alpha value is -3.61. The molecule has 0 aromatic heterocycles. The molecule has 1 unspecified atom stereocenters. The van der Waals surface area contributed by atoms with Gasteiger partial charge in [0.05, 0.1) is 45.6 Å². The average molecular weight is 624 g/mol. The quantitative estimate of drug-likeness (QED) is 0.324. The van der Waals surface area contributed by atoms with Gasteiger partial charge in [0, 0.05) is 17.7 Å². The molecular formula is C30H39ClFN3O8. The zero-order valence-electron chi connectivity index (χ0n) is 25.2. The summed E-state index contributed by atoms with van der Waals surface area (Å²) in [5.74, 6) is -1.35. The van der Waals surface area contributed by atoms with Crippen LogP contribution in [-0.2, 0) is 26.3 Å². The topological polar surface area (TPSA) is 131 Å². The van der Waals surface area contributed by atoms with E-state index in [4.69, 9.17) is 34.3 Å². The summed E-state index contributed by atoms with van der Waals surface area (Å²) in [6, 6.07) is 5.12. The third kappa shape index (κ3) is 7.14. The minimum absolute atomic E-state index is 0. The Kier molecular flexibility index (Phi) is 10.9. The first kappa shape index (κ1) is 33.9. The Bertz CT molecular complexity index is 1380. The van der Waals surface area contributed by atoms with Gasteiger partial charge in [-0.3, -0.25) is 15.0 Å². The number of halogens is 2. The Morgan fingerprint density at radius 2 is 1.86 bits per heavy atom. The van der Waals surface area contributed by atoms with Gasteiger partial charge in [0.15, 0.2) is 23.1 Å². The van der Waals surface area contributed by atoms with E-state index in [0.29, 0.717) is 29.2 Å². The Balaban J connectivity index is 0.00000506. The second-order valence-electron chi connectivity index (χ2n) is 11.1. The summed E-state index contributed by atoms with van der Waals surface area (Å²) in [6.07, 6.45) is -0.499. The fraction of sp³-hybridized carbons (Fsp3) is 0.500. The van der Waals surface area contributed by atoms with E-state index in [2.05, 4.69) is 0 Å². The second kappa shape index (κ2) is 13.8. The number of fused-ring (bicyclic) bond motifs is 2. The van der Waals surface area contributed by atoms with E-state index in [1.807, 2.05) is 20.8 Å². The molecule has 0 aliphatic carbocycles. The summed E-state index contributed by atoms with van der Waals surface area (Å²) in [5, 5.41) is 19.2. The molecule has 236 valence electrons. The second-order valence-corrected chi connectivity index (χ2v) is 11.1. The van der Waals surface area contributed by atoms with Crippen molar-refractivity contribution >= 4 is 35.7 Å². The number of hydrogen-bond acceptors (Lipinski definition) is 9.